The van der Waals surface area contributed by atoms with Crippen LogP contribution in [0, 0.1) is 0 Å². The summed E-state index contributed by atoms with van der Waals surface area (Å²) in [5.41, 5.74) is 6.14. The van der Waals surface area contributed by atoms with Crippen molar-refractivity contribution in [2.45, 2.75) is 0 Å². The maximum Gasteiger partial charge on any atom is 0.0380 e. The minimum absolute atomic E-state index is 0.472. The molecule has 0 radical (unpaired) electrons. The normalized spacial score (nSPS) is 33.3. The maximum atomic E-state index is 5.45. The Labute approximate surface area is 45.4 Å². The Kier molecular flexibility index (Phi) is 1.08. The Balaban J connectivity index is 2.69. The van der Waals surface area contributed by atoms with Crippen LogP contribution >= 0.6 is 11.1 Å². The van der Waals surface area contributed by atoms with Gasteiger partial charge in [0.05, 0.1) is 0 Å². The van der Waals surface area contributed by atoms with Gasteiger partial charge in [0, 0.05) is 5.70 Å². The van der Waals surface area contributed by atoms with E-state index >= 15 is 0 Å². The second kappa shape index (κ2) is 1.60. The van der Waals surface area contributed by atoms with Crippen molar-refractivity contribution in [1.29, 1.82) is 0 Å². The lowest BCUT2D eigenvalue weighted by molar-refractivity contribution is 1.46. The molecule has 0 spiro atoms. The van der Waals surface area contributed by atoms with E-state index < -0.39 is 11.1 Å². The molecule has 0 bridgehead atoms. The highest BCUT2D eigenvalue weighted by atomic mass is 32.2. The van der Waals surface area contributed by atoms with Crippen LogP contribution in [-0.2, 0) is 0 Å². The number of thiol groups is 1. The zero-order valence-electron chi connectivity index (χ0n) is 3.83. The van der Waals surface area contributed by atoms with Crippen LogP contribution in [0.25, 0.3) is 0 Å². The Bertz CT molecular complexity index is 128. The molecule has 1 aliphatic heterocycles. The number of rotatable bonds is 0. The van der Waals surface area contributed by atoms with Crippen LogP contribution in [0.5, 0.6) is 0 Å². The second-order valence-electron chi connectivity index (χ2n) is 1.39. The molecule has 1 aliphatic rings. The van der Waals surface area contributed by atoms with Gasteiger partial charge in [-0.15, -0.1) is 0 Å². The van der Waals surface area contributed by atoms with E-state index in [1.165, 1.54) is 0 Å². The molecule has 1 atom stereocenters. The summed E-state index contributed by atoms with van der Waals surface area (Å²) in [7, 11) is 0. The van der Waals surface area contributed by atoms with Gasteiger partial charge in [-0.05, 0) is 16.9 Å². The molecule has 0 saturated heterocycles. The number of allylic oxidation sites excluding steroid dienone is 1. The average Bonchev–Trinajstić information content (AvgIpc) is 1.87. The fraction of sp³-hybridized carbons (Fsp3) is 0. The van der Waals surface area contributed by atoms with Crippen LogP contribution in [-0.4, -0.2) is 0 Å². The van der Waals surface area contributed by atoms with Crippen molar-refractivity contribution >= 4 is 11.1 Å². The van der Waals surface area contributed by atoms with Gasteiger partial charge in [0.1, 0.15) is 0 Å². The van der Waals surface area contributed by atoms with Gasteiger partial charge in [-0.25, -0.2) is 0 Å². The summed E-state index contributed by atoms with van der Waals surface area (Å²) in [5.74, 6) is 0. The molecule has 7 heavy (non-hydrogen) atoms. The van der Waals surface area contributed by atoms with E-state index in [-0.39, 0.29) is 0 Å². The molecule has 0 aromatic heterocycles. The summed E-state index contributed by atoms with van der Waals surface area (Å²) in [6, 6.07) is 0. The van der Waals surface area contributed by atoms with Crippen molar-refractivity contribution in [2.75, 3.05) is 0 Å². The van der Waals surface area contributed by atoms with Crippen LogP contribution in [0.4, 0.5) is 0 Å². The van der Waals surface area contributed by atoms with Crippen molar-refractivity contribution in [3.63, 3.8) is 0 Å². The highest BCUT2D eigenvalue weighted by Gasteiger charge is 1.93. The van der Waals surface area contributed by atoms with Gasteiger partial charge in [0.2, 0.25) is 0 Å². The average molecular weight is 116 g/mol. The molecule has 0 aromatic carbocycles. The first-order chi connectivity index (χ1) is 3.29. The summed E-state index contributed by atoms with van der Waals surface area (Å²) in [6.45, 7) is 0. The third-order valence-corrected chi connectivity index (χ3v) is 1.83. The van der Waals surface area contributed by atoms with Gasteiger partial charge in [-0.3, -0.25) is 5.14 Å². The van der Waals surface area contributed by atoms with Gasteiger partial charge in [-0.2, -0.15) is 11.1 Å². The van der Waals surface area contributed by atoms with Crippen LogP contribution in [0.3, 0.4) is 0 Å². The lowest BCUT2D eigenvalue weighted by Gasteiger charge is -1.94. The molecule has 0 saturated carbocycles. The molecule has 4 N–H and O–H groups in total. The molecular weight excluding hydrogens is 108 g/mol. The molecular formula is C4H8N2S. The Morgan fingerprint density at radius 3 is 2.43 bits per heavy atom. The van der Waals surface area contributed by atoms with E-state index in [1.54, 1.807) is 0 Å². The molecule has 2 nitrogen and oxygen atoms in total. The van der Waals surface area contributed by atoms with Gasteiger partial charge < -0.3 is 5.73 Å². The Hall–Kier alpha value is -0.410. The molecule has 1 heterocycles. The third-order valence-electron chi connectivity index (χ3n) is 0.737. The minimum atomic E-state index is -0.472. The van der Waals surface area contributed by atoms with Crippen molar-refractivity contribution < 1.29 is 0 Å². The molecule has 0 aliphatic carbocycles. The summed E-state index contributed by atoms with van der Waals surface area (Å²) < 4.78 is 0. The summed E-state index contributed by atoms with van der Waals surface area (Å²) in [5, 5.41) is 9.24. The largest absolute Gasteiger partial charge is 0.398 e. The van der Waals surface area contributed by atoms with E-state index in [0.29, 0.717) is 0 Å². The van der Waals surface area contributed by atoms with Crippen LogP contribution in [0.15, 0.2) is 22.6 Å². The van der Waals surface area contributed by atoms with E-state index in [9.17, 15) is 0 Å². The fourth-order valence-corrected chi connectivity index (χ4v) is 1.29. The molecule has 1 unspecified atom stereocenters. The van der Waals surface area contributed by atoms with Crippen LogP contribution in [0.2, 0.25) is 0 Å². The van der Waals surface area contributed by atoms with Crippen LogP contribution in [0.1, 0.15) is 0 Å². The molecule has 40 valence electrons. The summed E-state index contributed by atoms with van der Waals surface area (Å²) in [4.78, 5) is 0. The third kappa shape index (κ3) is 0.976. The zero-order chi connectivity index (χ0) is 5.28. The SMILES string of the molecule is NC1=C[SH](N)C=C1. The number of nitrogens with two attached hydrogens (primary N) is 2. The predicted octanol–water partition coefficient (Wildman–Crippen LogP) is 0.189. The van der Waals surface area contributed by atoms with E-state index in [0.717, 1.165) is 5.70 Å². The Morgan fingerprint density at radius 2 is 2.29 bits per heavy atom. The minimum Gasteiger partial charge on any atom is -0.398 e. The maximum absolute atomic E-state index is 5.45. The molecule has 0 fully saturated rings. The smallest absolute Gasteiger partial charge is 0.0380 e. The van der Waals surface area contributed by atoms with Gasteiger partial charge in [0.15, 0.2) is 0 Å². The molecule has 0 aromatic rings. The lowest BCUT2D eigenvalue weighted by Crippen LogP contribution is -1.88. The quantitative estimate of drug-likeness (QED) is 0.396. The monoisotopic (exact) mass is 116 g/mol. The number of hydrogen-bond acceptors (Lipinski definition) is 2. The second-order valence-corrected chi connectivity index (χ2v) is 2.84. The predicted molar refractivity (Wildman–Crippen MR) is 34.6 cm³/mol. The fourth-order valence-electron chi connectivity index (χ4n) is 0.430. The number of hydrogen-bond donors (Lipinski definition) is 3. The van der Waals surface area contributed by atoms with E-state index in [4.69, 9.17) is 10.9 Å². The van der Waals surface area contributed by atoms with Gasteiger partial charge in [-0.1, -0.05) is 0 Å². The van der Waals surface area contributed by atoms with Gasteiger partial charge in [0.25, 0.3) is 0 Å². The van der Waals surface area contributed by atoms with E-state index in [2.05, 4.69) is 0 Å². The highest BCUT2D eigenvalue weighted by molar-refractivity contribution is 8.20. The summed E-state index contributed by atoms with van der Waals surface area (Å²) >= 11 is -0.472. The van der Waals surface area contributed by atoms with Gasteiger partial charge >= 0.3 is 0 Å². The first-order valence-corrected chi connectivity index (χ1v) is 3.52. The van der Waals surface area contributed by atoms with Crippen molar-refractivity contribution in [3.8, 4) is 0 Å². The topological polar surface area (TPSA) is 52.0 Å². The molecule has 3 heteroatoms. The lowest BCUT2D eigenvalue weighted by atomic mass is 10.5. The van der Waals surface area contributed by atoms with E-state index in [1.807, 2.05) is 16.9 Å². The Morgan fingerprint density at radius 1 is 1.57 bits per heavy atom. The molecule has 0 amide bonds. The van der Waals surface area contributed by atoms with Crippen molar-refractivity contribution in [1.82, 2.24) is 0 Å². The van der Waals surface area contributed by atoms with Crippen molar-refractivity contribution in [3.05, 3.63) is 22.6 Å². The summed E-state index contributed by atoms with van der Waals surface area (Å²) in [6.07, 6.45) is 1.84. The zero-order valence-corrected chi connectivity index (χ0v) is 4.73. The van der Waals surface area contributed by atoms with Crippen LogP contribution < -0.4 is 10.9 Å². The first kappa shape index (κ1) is 4.74. The first-order valence-electron chi connectivity index (χ1n) is 1.97. The standard InChI is InChI=1S/C4H8N2S/c5-4-1-2-7(6)3-4/h1-3,7H,5-6H2. The van der Waals surface area contributed by atoms with Crippen molar-refractivity contribution in [2.24, 2.45) is 10.9 Å². The molecule has 1 rings (SSSR count). The highest BCUT2D eigenvalue weighted by Crippen LogP contribution is 2.25.